The molecular formula is C15H9F7O2. The van der Waals surface area contributed by atoms with Crippen LogP contribution in [0.2, 0.25) is 0 Å². The van der Waals surface area contributed by atoms with E-state index in [2.05, 4.69) is 0 Å². The molecule has 2 aromatic carbocycles. The van der Waals surface area contributed by atoms with Crippen molar-refractivity contribution in [1.29, 1.82) is 0 Å². The zero-order chi connectivity index (χ0) is 18.1. The number of hydrogen-bond acceptors (Lipinski definition) is 2. The molecule has 1 N–H and O–H groups in total. The smallest absolute Gasteiger partial charge is 0.416 e. The Kier molecular flexibility index (Phi) is 4.63. The molecule has 0 radical (unpaired) electrons. The first-order chi connectivity index (χ1) is 10.9. The molecule has 0 aromatic heterocycles. The van der Waals surface area contributed by atoms with Crippen molar-refractivity contribution in [3.05, 3.63) is 58.9 Å². The molecule has 24 heavy (non-hydrogen) atoms. The van der Waals surface area contributed by atoms with Crippen LogP contribution in [0, 0.1) is 5.82 Å². The second-order valence-corrected chi connectivity index (χ2v) is 4.85. The van der Waals surface area contributed by atoms with Crippen LogP contribution in [0.15, 0.2) is 36.4 Å². The standard InChI is InChI=1S/C15H9F7O2/c16-11-2-8(1-9(3-11)14(17,18)19)7-24-13-5-10(15(20,21)22)4-12(23)6-13/h1-6,23H,7H2. The number of phenols is 1. The Morgan fingerprint density at radius 2 is 1.38 bits per heavy atom. The molecule has 0 bridgehead atoms. The zero-order valence-corrected chi connectivity index (χ0v) is 11.7. The average molecular weight is 354 g/mol. The topological polar surface area (TPSA) is 29.5 Å². The van der Waals surface area contributed by atoms with Gasteiger partial charge in [-0.05, 0) is 35.9 Å². The van der Waals surface area contributed by atoms with Crippen molar-refractivity contribution < 1.29 is 40.6 Å². The molecule has 0 fully saturated rings. The van der Waals surface area contributed by atoms with Gasteiger partial charge in [0, 0.05) is 6.07 Å². The SMILES string of the molecule is Oc1cc(OCc2cc(F)cc(C(F)(F)F)c2)cc(C(F)(F)F)c1. The van der Waals surface area contributed by atoms with Crippen LogP contribution < -0.4 is 4.74 Å². The minimum atomic E-state index is -4.77. The maximum Gasteiger partial charge on any atom is 0.416 e. The highest BCUT2D eigenvalue weighted by molar-refractivity contribution is 5.39. The van der Waals surface area contributed by atoms with E-state index >= 15 is 0 Å². The fourth-order valence-electron chi connectivity index (χ4n) is 1.89. The number of rotatable bonds is 3. The van der Waals surface area contributed by atoms with Gasteiger partial charge < -0.3 is 9.84 Å². The Hall–Kier alpha value is -2.45. The highest BCUT2D eigenvalue weighted by Crippen LogP contribution is 2.35. The lowest BCUT2D eigenvalue weighted by Gasteiger charge is -2.13. The van der Waals surface area contributed by atoms with Gasteiger partial charge in [-0.3, -0.25) is 0 Å². The van der Waals surface area contributed by atoms with E-state index in [1.165, 1.54) is 0 Å². The molecule has 130 valence electrons. The molecule has 0 unspecified atom stereocenters. The Bertz CT molecular complexity index is 672. The predicted octanol–water partition coefficient (Wildman–Crippen LogP) is 5.15. The Labute approximate surface area is 131 Å². The minimum absolute atomic E-state index is 0.223. The first-order valence-corrected chi connectivity index (χ1v) is 6.36. The number of hydrogen-bond donors (Lipinski definition) is 1. The molecule has 0 saturated heterocycles. The summed E-state index contributed by atoms with van der Waals surface area (Å²) in [5.74, 6) is -2.30. The third-order valence-corrected chi connectivity index (χ3v) is 2.91. The molecule has 0 saturated carbocycles. The van der Waals surface area contributed by atoms with Gasteiger partial charge in [-0.25, -0.2) is 4.39 Å². The number of phenolic OH excluding ortho intramolecular Hbond substituents is 1. The molecule has 0 amide bonds. The van der Waals surface area contributed by atoms with Crippen LogP contribution in [0.5, 0.6) is 11.5 Å². The largest absolute Gasteiger partial charge is 0.508 e. The summed E-state index contributed by atoms with van der Waals surface area (Å²) >= 11 is 0. The van der Waals surface area contributed by atoms with Gasteiger partial charge in [0.2, 0.25) is 0 Å². The number of halogens is 7. The summed E-state index contributed by atoms with van der Waals surface area (Å²) in [5, 5.41) is 9.26. The lowest BCUT2D eigenvalue weighted by Crippen LogP contribution is -2.08. The van der Waals surface area contributed by atoms with E-state index in [-0.39, 0.29) is 5.56 Å². The second-order valence-electron chi connectivity index (χ2n) is 4.85. The summed E-state index contributed by atoms with van der Waals surface area (Å²) in [7, 11) is 0. The molecule has 2 nitrogen and oxygen atoms in total. The summed E-state index contributed by atoms with van der Waals surface area (Å²) < 4.78 is 93.7. The first-order valence-electron chi connectivity index (χ1n) is 6.36. The van der Waals surface area contributed by atoms with Gasteiger partial charge in [0.25, 0.3) is 0 Å². The summed E-state index contributed by atoms with van der Waals surface area (Å²) in [6.45, 7) is -0.610. The molecule has 2 aromatic rings. The highest BCUT2D eigenvalue weighted by Gasteiger charge is 2.32. The van der Waals surface area contributed by atoms with Crippen molar-refractivity contribution in [3.8, 4) is 11.5 Å². The van der Waals surface area contributed by atoms with Gasteiger partial charge in [-0.2, -0.15) is 26.3 Å². The molecule has 0 atom stereocenters. The van der Waals surface area contributed by atoms with Crippen molar-refractivity contribution in [3.63, 3.8) is 0 Å². The number of benzene rings is 2. The molecule has 2 rings (SSSR count). The van der Waals surface area contributed by atoms with E-state index in [1.54, 1.807) is 0 Å². The Balaban J connectivity index is 2.23. The third kappa shape index (κ3) is 4.53. The number of ether oxygens (including phenoxy) is 1. The second kappa shape index (κ2) is 6.21. The molecule has 0 spiro atoms. The van der Waals surface area contributed by atoms with Crippen LogP contribution in [-0.4, -0.2) is 5.11 Å². The van der Waals surface area contributed by atoms with Crippen LogP contribution >= 0.6 is 0 Å². The van der Waals surface area contributed by atoms with Crippen LogP contribution in [0.4, 0.5) is 30.7 Å². The predicted molar refractivity (Wildman–Crippen MR) is 68.8 cm³/mol. The monoisotopic (exact) mass is 354 g/mol. The van der Waals surface area contributed by atoms with Gasteiger partial charge in [0.1, 0.15) is 23.9 Å². The number of alkyl halides is 6. The van der Waals surface area contributed by atoms with Crippen molar-refractivity contribution in [2.24, 2.45) is 0 Å². The van der Waals surface area contributed by atoms with Crippen LogP contribution in [-0.2, 0) is 19.0 Å². The van der Waals surface area contributed by atoms with Crippen LogP contribution in [0.1, 0.15) is 16.7 Å². The summed E-state index contributed by atoms with van der Waals surface area (Å²) in [6, 6.07) is 3.58. The van der Waals surface area contributed by atoms with Gasteiger partial charge in [-0.15, -0.1) is 0 Å². The van der Waals surface area contributed by atoms with Crippen molar-refractivity contribution in [2.75, 3.05) is 0 Å². The zero-order valence-electron chi connectivity index (χ0n) is 11.7. The Morgan fingerprint density at radius 3 is 1.96 bits per heavy atom. The van der Waals surface area contributed by atoms with E-state index in [4.69, 9.17) is 4.74 Å². The van der Waals surface area contributed by atoms with E-state index in [1.807, 2.05) is 0 Å². The van der Waals surface area contributed by atoms with E-state index in [9.17, 15) is 35.8 Å². The third-order valence-electron chi connectivity index (χ3n) is 2.91. The molecular weight excluding hydrogens is 345 g/mol. The van der Waals surface area contributed by atoms with E-state index < -0.39 is 47.4 Å². The van der Waals surface area contributed by atoms with Gasteiger partial charge in [0.15, 0.2) is 0 Å². The van der Waals surface area contributed by atoms with E-state index in [0.29, 0.717) is 24.3 Å². The average Bonchev–Trinajstić information content (AvgIpc) is 2.42. The fraction of sp³-hybridized carbons (Fsp3) is 0.200. The lowest BCUT2D eigenvalue weighted by atomic mass is 10.1. The van der Waals surface area contributed by atoms with Crippen molar-refractivity contribution in [1.82, 2.24) is 0 Å². The van der Waals surface area contributed by atoms with Crippen molar-refractivity contribution >= 4 is 0 Å². The highest BCUT2D eigenvalue weighted by atomic mass is 19.4. The maximum atomic E-state index is 13.2. The van der Waals surface area contributed by atoms with Crippen molar-refractivity contribution in [2.45, 2.75) is 19.0 Å². The maximum absolute atomic E-state index is 13.2. The molecule has 0 heterocycles. The molecule has 9 heteroatoms. The number of aromatic hydroxyl groups is 1. The quantitative estimate of drug-likeness (QED) is 0.773. The van der Waals surface area contributed by atoms with Gasteiger partial charge in [-0.1, -0.05) is 0 Å². The normalized spacial score (nSPS) is 12.3. The Morgan fingerprint density at radius 1 is 0.792 bits per heavy atom. The van der Waals surface area contributed by atoms with E-state index in [0.717, 1.165) is 12.1 Å². The fourth-order valence-corrected chi connectivity index (χ4v) is 1.89. The summed E-state index contributed by atoms with van der Waals surface area (Å²) in [4.78, 5) is 0. The molecule has 0 aliphatic carbocycles. The molecule has 0 aliphatic rings. The lowest BCUT2D eigenvalue weighted by molar-refractivity contribution is -0.138. The molecule has 0 aliphatic heterocycles. The first kappa shape index (κ1) is 17.9. The summed E-state index contributed by atoms with van der Waals surface area (Å²) in [5.41, 5.74) is -2.65. The minimum Gasteiger partial charge on any atom is -0.508 e. The van der Waals surface area contributed by atoms with Gasteiger partial charge >= 0.3 is 12.4 Å². The summed E-state index contributed by atoms with van der Waals surface area (Å²) in [6.07, 6.45) is -9.51. The van der Waals surface area contributed by atoms with Gasteiger partial charge in [0.05, 0.1) is 11.1 Å². The van der Waals surface area contributed by atoms with Crippen LogP contribution in [0.25, 0.3) is 0 Å². The van der Waals surface area contributed by atoms with Crippen LogP contribution in [0.3, 0.4) is 0 Å².